The van der Waals surface area contributed by atoms with Crippen molar-refractivity contribution in [3.63, 3.8) is 0 Å². The minimum absolute atomic E-state index is 0.0155. The summed E-state index contributed by atoms with van der Waals surface area (Å²) in [5, 5.41) is 29.8. The number of carbonyl (C=O) groups is 9. The van der Waals surface area contributed by atoms with Crippen LogP contribution in [-0.4, -0.2) is 123 Å². The highest BCUT2D eigenvalue weighted by Crippen LogP contribution is 2.13. The van der Waals surface area contributed by atoms with E-state index in [9.17, 15) is 43.2 Å². The van der Waals surface area contributed by atoms with Gasteiger partial charge in [-0.3, -0.25) is 43.2 Å². The molecule has 21 heteroatoms. The number of hydrogen-bond acceptors (Lipinski definition) is 11. The largest absolute Gasteiger partial charge is 0.480 e. The van der Waals surface area contributed by atoms with Crippen LogP contribution in [0.25, 0.3) is 0 Å². The van der Waals surface area contributed by atoms with Crippen LogP contribution in [0.15, 0.2) is 12.5 Å². The second-order valence-corrected chi connectivity index (χ2v) is 18.1. The third-order valence-electron chi connectivity index (χ3n) is 10.3. The maximum atomic E-state index is 14.0. The Morgan fingerprint density at radius 1 is 0.594 bits per heavy atom. The number of nitrogens with two attached hydrogens (primary N) is 1. The SMILES string of the molecule is CCC(C)C(NC(=O)C(NC(=O)C(C)NC(=O)C(CC(C)C)NC(=O)C(Cc1cnc[nH]1)NC(=O)C(CC(C)C)NC(=O)C(N)CC(C)C)C(C)C)C(=O)NCC(=O)NC(C)C(=O)O. The molecule has 0 spiro atoms. The number of H-pyrrole nitrogens is 1. The second kappa shape index (κ2) is 27.6. The van der Waals surface area contributed by atoms with Crippen molar-refractivity contribution in [2.45, 2.75) is 164 Å². The fourth-order valence-electron chi connectivity index (χ4n) is 6.44. The molecule has 0 saturated carbocycles. The van der Waals surface area contributed by atoms with Gasteiger partial charge < -0.3 is 58.4 Å². The van der Waals surface area contributed by atoms with E-state index >= 15 is 0 Å². The molecule has 0 fully saturated rings. The number of nitrogens with one attached hydrogen (secondary N) is 9. The van der Waals surface area contributed by atoms with Crippen LogP contribution < -0.4 is 48.3 Å². The number of carboxylic acid groups (broad SMARTS) is 1. The van der Waals surface area contributed by atoms with Gasteiger partial charge in [0.05, 0.1) is 18.9 Å². The number of hydrogen-bond donors (Lipinski definition) is 11. The highest BCUT2D eigenvalue weighted by Gasteiger charge is 2.35. The van der Waals surface area contributed by atoms with Gasteiger partial charge in [0, 0.05) is 18.3 Å². The molecule has 362 valence electrons. The topological polar surface area (TPSA) is 325 Å². The molecule has 12 N–H and O–H groups in total. The van der Waals surface area contributed by atoms with Gasteiger partial charge in [-0.2, -0.15) is 0 Å². The minimum Gasteiger partial charge on any atom is -0.480 e. The lowest BCUT2D eigenvalue weighted by molar-refractivity contribution is -0.141. The Morgan fingerprint density at radius 2 is 1.09 bits per heavy atom. The molecule has 0 aromatic carbocycles. The number of carboxylic acids is 1. The molecule has 0 radical (unpaired) electrons. The summed E-state index contributed by atoms with van der Waals surface area (Å²) < 4.78 is 0. The number of amides is 8. The summed E-state index contributed by atoms with van der Waals surface area (Å²) >= 11 is 0. The second-order valence-electron chi connectivity index (χ2n) is 18.1. The molecular formula is C43H75N11O10. The average Bonchev–Trinajstić information content (AvgIpc) is 3.71. The monoisotopic (exact) mass is 906 g/mol. The molecule has 0 aliphatic heterocycles. The van der Waals surface area contributed by atoms with Crippen LogP contribution in [0.1, 0.15) is 114 Å². The zero-order valence-electron chi connectivity index (χ0n) is 39.5. The minimum atomic E-state index is -1.26. The van der Waals surface area contributed by atoms with Crippen molar-refractivity contribution < 1.29 is 48.3 Å². The predicted molar refractivity (Wildman–Crippen MR) is 238 cm³/mol. The Labute approximate surface area is 376 Å². The zero-order chi connectivity index (χ0) is 49.0. The Balaban J connectivity index is 3.21. The summed E-state index contributed by atoms with van der Waals surface area (Å²) in [5.41, 5.74) is 6.61. The molecule has 9 unspecified atom stereocenters. The van der Waals surface area contributed by atoms with E-state index in [1.165, 1.54) is 26.4 Å². The lowest BCUT2D eigenvalue weighted by atomic mass is 9.96. The first kappa shape index (κ1) is 56.4. The van der Waals surface area contributed by atoms with E-state index in [2.05, 4.69) is 52.5 Å². The van der Waals surface area contributed by atoms with Gasteiger partial charge in [-0.1, -0.05) is 75.7 Å². The number of rotatable bonds is 28. The van der Waals surface area contributed by atoms with Crippen LogP contribution in [0.2, 0.25) is 0 Å². The van der Waals surface area contributed by atoms with E-state index in [-0.39, 0.29) is 37.0 Å². The lowest BCUT2D eigenvalue weighted by Crippen LogP contribution is -2.61. The van der Waals surface area contributed by atoms with Gasteiger partial charge in [-0.15, -0.1) is 0 Å². The number of imidazole rings is 1. The molecule has 9 atom stereocenters. The molecule has 1 aromatic rings. The Bertz CT molecular complexity index is 1720. The maximum absolute atomic E-state index is 14.0. The molecular weight excluding hydrogens is 831 g/mol. The van der Waals surface area contributed by atoms with Gasteiger partial charge in [0.15, 0.2) is 0 Å². The number of aliphatic carboxylic acids is 1. The summed E-state index contributed by atoms with van der Waals surface area (Å²) in [5.74, 6) is -7.55. The summed E-state index contributed by atoms with van der Waals surface area (Å²) in [7, 11) is 0. The Hall–Kier alpha value is -5.60. The molecule has 64 heavy (non-hydrogen) atoms. The first-order chi connectivity index (χ1) is 29.8. The van der Waals surface area contributed by atoms with Gasteiger partial charge in [-0.05, 0) is 62.7 Å². The molecule has 1 aromatic heterocycles. The Kier molecular flexibility index (Phi) is 24.3. The maximum Gasteiger partial charge on any atom is 0.325 e. The smallest absolute Gasteiger partial charge is 0.325 e. The molecule has 0 bridgehead atoms. The quantitative estimate of drug-likeness (QED) is 0.0519. The summed E-state index contributed by atoms with van der Waals surface area (Å²) in [6, 6.07) is -8.93. The molecule has 1 heterocycles. The van der Waals surface area contributed by atoms with Crippen molar-refractivity contribution in [3.8, 4) is 0 Å². The van der Waals surface area contributed by atoms with E-state index in [0.29, 0.717) is 18.5 Å². The summed E-state index contributed by atoms with van der Waals surface area (Å²) in [4.78, 5) is 125. The van der Waals surface area contributed by atoms with Crippen LogP contribution in [0.4, 0.5) is 0 Å². The number of carbonyl (C=O) groups excluding carboxylic acids is 8. The summed E-state index contributed by atoms with van der Waals surface area (Å²) in [6.45, 7) is 20.3. The standard InChI is InChI=1S/C43H75N11O10/c1-13-25(10)35(41(61)46-19-33(55)48-27(12)43(63)64)54-42(62)34(24(8)9)53-36(56)26(11)49-38(58)30(15-22(4)5)51-40(60)32(17-28-18-45-20-47-28)52-39(59)31(16-23(6)7)50-37(57)29(44)14-21(2)3/h18,20-27,29-32,34-35H,13-17,19,44H2,1-12H3,(H,45,47)(H,46,61)(H,48,55)(H,49,58)(H,50,57)(H,51,60)(H,52,59)(H,53,56)(H,54,62)(H,63,64). The highest BCUT2D eigenvalue weighted by atomic mass is 16.4. The van der Waals surface area contributed by atoms with E-state index < -0.39 is 120 Å². The molecule has 0 aliphatic carbocycles. The number of aromatic nitrogens is 2. The fourth-order valence-corrected chi connectivity index (χ4v) is 6.44. The average molecular weight is 906 g/mol. The molecule has 0 aliphatic rings. The van der Waals surface area contributed by atoms with Crippen molar-refractivity contribution in [1.29, 1.82) is 0 Å². The molecule has 0 saturated heterocycles. The van der Waals surface area contributed by atoms with Gasteiger partial charge in [0.1, 0.15) is 42.3 Å². The van der Waals surface area contributed by atoms with Gasteiger partial charge in [-0.25, -0.2) is 4.98 Å². The van der Waals surface area contributed by atoms with Crippen molar-refractivity contribution in [1.82, 2.24) is 52.5 Å². The van der Waals surface area contributed by atoms with Crippen LogP contribution >= 0.6 is 0 Å². The molecule has 8 amide bonds. The summed E-state index contributed by atoms with van der Waals surface area (Å²) in [6.07, 6.45) is 4.12. The normalized spacial score (nSPS) is 15.6. The van der Waals surface area contributed by atoms with Gasteiger partial charge in [0.25, 0.3) is 0 Å². The zero-order valence-corrected chi connectivity index (χ0v) is 39.5. The Morgan fingerprint density at radius 3 is 1.58 bits per heavy atom. The van der Waals surface area contributed by atoms with Crippen LogP contribution in [0, 0.1) is 29.6 Å². The fraction of sp³-hybridized carbons (Fsp3) is 0.721. The van der Waals surface area contributed by atoms with E-state index in [1.807, 2.05) is 41.5 Å². The number of aromatic amines is 1. The van der Waals surface area contributed by atoms with Crippen LogP contribution in [0.3, 0.4) is 0 Å². The highest BCUT2D eigenvalue weighted by molar-refractivity contribution is 5.97. The molecule has 21 nitrogen and oxygen atoms in total. The predicted octanol–water partition coefficient (Wildman–Crippen LogP) is -0.246. The van der Waals surface area contributed by atoms with Crippen LogP contribution in [0.5, 0.6) is 0 Å². The lowest BCUT2D eigenvalue weighted by Gasteiger charge is -2.29. The van der Waals surface area contributed by atoms with E-state index in [4.69, 9.17) is 10.8 Å². The molecule has 1 rings (SSSR count). The van der Waals surface area contributed by atoms with Gasteiger partial charge in [0.2, 0.25) is 47.3 Å². The van der Waals surface area contributed by atoms with Crippen molar-refractivity contribution in [2.24, 2.45) is 35.3 Å². The third kappa shape index (κ3) is 20.3. The van der Waals surface area contributed by atoms with Crippen molar-refractivity contribution in [3.05, 3.63) is 18.2 Å². The number of nitrogens with zero attached hydrogens (tertiary/aromatic N) is 1. The van der Waals surface area contributed by atoms with Crippen LogP contribution in [-0.2, 0) is 49.6 Å². The van der Waals surface area contributed by atoms with E-state index in [0.717, 1.165) is 0 Å². The third-order valence-corrected chi connectivity index (χ3v) is 10.3. The first-order valence-corrected chi connectivity index (χ1v) is 22.1. The van der Waals surface area contributed by atoms with Gasteiger partial charge >= 0.3 is 5.97 Å². The first-order valence-electron chi connectivity index (χ1n) is 22.1. The van der Waals surface area contributed by atoms with E-state index in [1.54, 1.807) is 27.7 Å². The van der Waals surface area contributed by atoms with Crippen molar-refractivity contribution in [2.75, 3.05) is 6.54 Å². The van der Waals surface area contributed by atoms with Crippen molar-refractivity contribution >= 4 is 53.2 Å².